The lowest BCUT2D eigenvalue weighted by atomic mass is 9.99. The third-order valence-electron chi connectivity index (χ3n) is 5.18. The Labute approximate surface area is 143 Å². The first-order valence-electron chi connectivity index (χ1n) is 8.46. The Bertz CT molecular complexity index is 711. The summed E-state index contributed by atoms with van der Waals surface area (Å²) in [5.74, 6) is -1.26. The zero-order valence-corrected chi connectivity index (χ0v) is 14.7. The van der Waals surface area contributed by atoms with Crippen molar-refractivity contribution in [3.63, 3.8) is 0 Å². The number of aliphatic carboxylic acids is 1. The molecule has 2 fully saturated rings. The van der Waals surface area contributed by atoms with Gasteiger partial charge in [-0.05, 0) is 43.7 Å². The minimum atomic E-state index is -3.55. The van der Waals surface area contributed by atoms with Gasteiger partial charge in [0, 0.05) is 19.6 Å². The summed E-state index contributed by atoms with van der Waals surface area (Å²) in [6.07, 6.45) is 2.45. The van der Waals surface area contributed by atoms with E-state index in [-0.39, 0.29) is 19.1 Å². The van der Waals surface area contributed by atoms with Gasteiger partial charge in [-0.15, -0.1) is 0 Å². The van der Waals surface area contributed by atoms with Gasteiger partial charge < -0.3 is 5.11 Å². The fourth-order valence-electron chi connectivity index (χ4n) is 3.77. The third-order valence-corrected chi connectivity index (χ3v) is 7.22. The molecule has 1 aromatic rings. The summed E-state index contributed by atoms with van der Waals surface area (Å²) in [6, 6.07) is 7.81. The lowest BCUT2D eigenvalue weighted by molar-refractivity contribution is -0.142. The predicted octanol–water partition coefficient (Wildman–Crippen LogP) is 2.17. The van der Waals surface area contributed by atoms with E-state index in [1.54, 1.807) is 4.31 Å². The molecular formula is C17H24N2O4S. The normalized spacial score (nSPS) is 24.3. The monoisotopic (exact) mass is 352 g/mol. The second-order valence-corrected chi connectivity index (χ2v) is 8.53. The molecule has 24 heavy (non-hydrogen) atoms. The zero-order valence-electron chi connectivity index (χ0n) is 13.9. The number of benzene rings is 1. The van der Waals surface area contributed by atoms with Crippen LogP contribution in [-0.4, -0.2) is 47.7 Å². The largest absolute Gasteiger partial charge is 0.481 e. The molecule has 1 N–H and O–H groups in total. The maximum atomic E-state index is 13.1. The summed E-state index contributed by atoms with van der Waals surface area (Å²) in [6.45, 7) is 3.11. The number of nitrogens with zero attached hydrogens (tertiary/aromatic N) is 2. The van der Waals surface area contributed by atoms with Crippen molar-refractivity contribution in [2.24, 2.45) is 5.92 Å². The van der Waals surface area contributed by atoms with Crippen LogP contribution in [0.25, 0.3) is 0 Å². The number of carboxylic acid groups (broad SMARTS) is 1. The Morgan fingerprint density at radius 1 is 1.12 bits per heavy atom. The molecule has 1 atom stereocenters. The van der Waals surface area contributed by atoms with Crippen LogP contribution in [0.15, 0.2) is 24.3 Å². The van der Waals surface area contributed by atoms with Gasteiger partial charge in [0.1, 0.15) is 0 Å². The van der Waals surface area contributed by atoms with Gasteiger partial charge in [0.15, 0.2) is 0 Å². The maximum absolute atomic E-state index is 13.1. The van der Waals surface area contributed by atoms with Gasteiger partial charge in [-0.2, -0.15) is 17.0 Å². The van der Waals surface area contributed by atoms with Gasteiger partial charge in [-0.1, -0.05) is 24.3 Å². The lowest BCUT2D eigenvalue weighted by Gasteiger charge is -2.35. The van der Waals surface area contributed by atoms with Crippen molar-refractivity contribution in [3.05, 3.63) is 35.4 Å². The van der Waals surface area contributed by atoms with Crippen molar-refractivity contribution < 1.29 is 18.3 Å². The molecule has 0 saturated carbocycles. The van der Waals surface area contributed by atoms with E-state index in [0.717, 1.165) is 24.0 Å². The van der Waals surface area contributed by atoms with E-state index in [9.17, 15) is 13.2 Å². The lowest BCUT2D eigenvalue weighted by Crippen LogP contribution is -2.47. The molecule has 2 saturated heterocycles. The van der Waals surface area contributed by atoms with E-state index in [4.69, 9.17) is 5.11 Å². The Morgan fingerprint density at radius 2 is 1.79 bits per heavy atom. The van der Waals surface area contributed by atoms with E-state index in [0.29, 0.717) is 19.4 Å². The van der Waals surface area contributed by atoms with Crippen LogP contribution in [0.3, 0.4) is 0 Å². The average molecular weight is 352 g/mol. The molecule has 0 bridgehead atoms. The van der Waals surface area contributed by atoms with Gasteiger partial charge in [0.25, 0.3) is 10.2 Å². The molecule has 132 valence electrons. The van der Waals surface area contributed by atoms with Crippen LogP contribution in [-0.2, 0) is 15.0 Å². The first kappa shape index (κ1) is 17.4. The molecule has 0 aliphatic carbocycles. The maximum Gasteiger partial charge on any atom is 0.306 e. The molecule has 1 aromatic carbocycles. The molecule has 1 unspecified atom stereocenters. The van der Waals surface area contributed by atoms with E-state index in [1.807, 2.05) is 31.2 Å². The highest BCUT2D eigenvalue weighted by Gasteiger charge is 2.41. The minimum Gasteiger partial charge on any atom is -0.481 e. The second kappa shape index (κ2) is 6.82. The van der Waals surface area contributed by atoms with Crippen LogP contribution in [0.5, 0.6) is 0 Å². The van der Waals surface area contributed by atoms with E-state index in [2.05, 4.69) is 0 Å². The number of carbonyl (C=O) groups is 1. The Balaban J connectivity index is 1.79. The smallest absolute Gasteiger partial charge is 0.306 e. The van der Waals surface area contributed by atoms with E-state index < -0.39 is 22.1 Å². The highest BCUT2D eigenvalue weighted by atomic mass is 32.2. The van der Waals surface area contributed by atoms with Crippen LogP contribution >= 0.6 is 0 Å². The number of hydrogen-bond donors (Lipinski definition) is 1. The number of carboxylic acids is 1. The highest BCUT2D eigenvalue weighted by Crippen LogP contribution is 2.37. The van der Waals surface area contributed by atoms with Gasteiger partial charge in [0.05, 0.1) is 12.0 Å². The molecule has 6 nitrogen and oxygen atoms in total. The third kappa shape index (κ3) is 3.20. The minimum absolute atomic E-state index is 0.117. The molecule has 2 heterocycles. The standard InChI is InChI=1S/C17H24N2O4S/c1-13-5-2-3-6-15(13)16-7-4-10-19(16)24(22,23)18-11-8-14(9-12-18)17(20)21/h2-3,5-6,14,16H,4,7-12H2,1H3,(H,20,21). The summed E-state index contributed by atoms with van der Waals surface area (Å²) >= 11 is 0. The fraction of sp³-hybridized carbons (Fsp3) is 0.588. The van der Waals surface area contributed by atoms with Gasteiger partial charge in [0.2, 0.25) is 0 Å². The van der Waals surface area contributed by atoms with E-state index >= 15 is 0 Å². The van der Waals surface area contributed by atoms with Crippen molar-refractivity contribution in [3.8, 4) is 0 Å². The summed E-state index contributed by atoms with van der Waals surface area (Å²) in [7, 11) is -3.55. The van der Waals surface area contributed by atoms with Crippen molar-refractivity contribution in [1.29, 1.82) is 0 Å². The second-order valence-electron chi connectivity index (χ2n) is 6.64. The van der Waals surface area contributed by atoms with Crippen LogP contribution < -0.4 is 0 Å². The summed E-state index contributed by atoms with van der Waals surface area (Å²) in [5.41, 5.74) is 2.17. The van der Waals surface area contributed by atoms with Crippen LogP contribution in [0.4, 0.5) is 0 Å². The van der Waals surface area contributed by atoms with Gasteiger partial charge in [-0.3, -0.25) is 4.79 Å². The first-order valence-corrected chi connectivity index (χ1v) is 9.86. The topological polar surface area (TPSA) is 77.9 Å². The van der Waals surface area contributed by atoms with Crippen molar-refractivity contribution >= 4 is 16.2 Å². The van der Waals surface area contributed by atoms with Gasteiger partial charge in [-0.25, -0.2) is 0 Å². The SMILES string of the molecule is Cc1ccccc1C1CCCN1S(=O)(=O)N1CCC(C(=O)O)CC1. The van der Waals surface area contributed by atoms with Crippen molar-refractivity contribution in [1.82, 2.24) is 8.61 Å². The number of hydrogen-bond acceptors (Lipinski definition) is 3. The Hall–Kier alpha value is -1.44. The molecule has 0 spiro atoms. The molecule has 2 aliphatic rings. The van der Waals surface area contributed by atoms with Gasteiger partial charge >= 0.3 is 5.97 Å². The molecule has 0 amide bonds. The number of aryl methyl sites for hydroxylation is 1. The summed E-state index contributed by atoms with van der Waals surface area (Å²) in [4.78, 5) is 11.1. The molecule has 7 heteroatoms. The Morgan fingerprint density at radius 3 is 2.42 bits per heavy atom. The molecular weight excluding hydrogens is 328 g/mol. The highest BCUT2D eigenvalue weighted by molar-refractivity contribution is 7.86. The summed E-state index contributed by atoms with van der Waals surface area (Å²) in [5, 5.41) is 9.08. The zero-order chi connectivity index (χ0) is 17.3. The average Bonchev–Trinajstić information content (AvgIpc) is 3.05. The van der Waals surface area contributed by atoms with Crippen molar-refractivity contribution in [2.75, 3.05) is 19.6 Å². The molecule has 0 radical (unpaired) electrons. The predicted molar refractivity (Wildman–Crippen MR) is 90.7 cm³/mol. The number of rotatable bonds is 4. The number of piperidine rings is 1. The van der Waals surface area contributed by atoms with E-state index in [1.165, 1.54) is 4.31 Å². The summed E-state index contributed by atoms with van der Waals surface area (Å²) < 4.78 is 29.2. The van der Waals surface area contributed by atoms with Crippen LogP contribution in [0.1, 0.15) is 42.9 Å². The van der Waals surface area contributed by atoms with Crippen LogP contribution in [0.2, 0.25) is 0 Å². The molecule has 2 aliphatic heterocycles. The fourth-order valence-corrected chi connectivity index (χ4v) is 5.64. The Kier molecular flexibility index (Phi) is 4.94. The molecule has 3 rings (SSSR count). The first-order chi connectivity index (χ1) is 11.4. The quantitative estimate of drug-likeness (QED) is 0.901. The van der Waals surface area contributed by atoms with Crippen LogP contribution in [0, 0.1) is 12.8 Å². The van der Waals surface area contributed by atoms with Crippen molar-refractivity contribution in [2.45, 2.75) is 38.6 Å². The molecule has 0 aromatic heterocycles.